The van der Waals surface area contributed by atoms with Gasteiger partial charge in [0.2, 0.25) is 0 Å². The van der Waals surface area contributed by atoms with Crippen molar-refractivity contribution < 1.29 is 20.4 Å². The maximum atomic E-state index is 2.23. The Hall–Kier alpha value is -3.16. The van der Waals surface area contributed by atoms with Crippen LogP contribution < -0.4 is 31.8 Å². The minimum atomic E-state index is -0.446. The topological polar surface area (TPSA) is 0 Å². The van der Waals surface area contributed by atoms with E-state index in [2.05, 4.69) is 182 Å². The molecule has 194 valence electrons. The number of hydrogen-bond acceptors (Lipinski definition) is 0. The van der Waals surface area contributed by atoms with Gasteiger partial charge in [-0.25, -0.2) is 0 Å². The molecule has 6 aromatic rings. The Bertz CT molecular complexity index is 1170. The largest absolute Gasteiger partial charge is 0.0622 e. The Kier molecular flexibility index (Phi) is 11.4. The van der Waals surface area contributed by atoms with Crippen molar-refractivity contribution >= 4 is 47.7 Å². The van der Waals surface area contributed by atoms with Crippen LogP contribution >= 0.6 is 15.8 Å². The summed E-state index contributed by atoms with van der Waals surface area (Å²) in [6.45, 7) is 0. The van der Waals surface area contributed by atoms with Crippen LogP contribution in [0.2, 0.25) is 0 Å². The van der Waals surface area contributed by atoms with Crippen LogP contribution in [0.1, 0.15) is 0 Å². The van der Waals surface area contributed by atoms with E-state index < -0.39 is 15.8 Å². The smallest absolute Gasteiger partial charge is 0 e. The van der Waals surface area contributed by atoms with E-state index in [1.807, 2.05) is 0 Å². The molecule has 0 bridgehead atoms. The molecule has 0 aromatic heterocycles. The molecule has 0 spiro atoms. The van der Waals surface area contributed by atoms with Crippen LogP contribution in [0.25, 0.3) is 0 Å². The summed E-state index contributed by atoms with van der Waals surface area (Å²) in [5, 5.41) is 8.39. The van der Waals surface area contributed by atoms with Gasteiger partial charge < -0.3 is 0 Å². The molecule has 0 saturated carbocycles. The molecule has 6 aromatic carbocycles. The van der Waals surface area contributed by atoms with Crippen LogP contribution in [0.15, 0.2) is 182 Å². The molecule has 6 rings (SSSR count). The van der Waals surface area contributed by atoms with Crippen molar-refractivity contribution in [3.63, 3.8) is 0 Å². The third-order valence-electron chi connectivity index (χ3n) is 6.09. The molecular weight excluding hydrogens is 601 g/mol. The van der Waals surface area contributed by atoms with E-state index in [1.54, 1.807) is 0 Å². The van der Waals surface area contributed by atoms with Gasteiger partial charge in [-0.3, -0.25) is 0 Å². The monoisotopic (exact) mass is 630 g/mol. The predicted octanol–water partition coefficient (Wildman–Crippen LogP) is 6.89. The zero-order valence-electron chi connectivity index (χ0n) is 21.5. The molecule has 39 heavy (non-hydrogen) atoms. The number of benzene rings is 6. The van der Waals surface area contributed by atoms with Gasteiger partial charge in [0.05, 0.1) is 0 Å². The minimum Gasteiger partial charge on any atom is -0.0622 e. The van der Waals surface area contributed by atoms with Crippen LogP contribution in [-0.2, 0) is 20.4 Å². The Labute approximate surface area is 249 Å². The fourth-order valence-electron chi connectivity index (χ4n) is 4.36. The number of rotatable bonds is 6. The van der Waals surface area contributed by atoms with Gasteiger partial charge in [0.15, 0.2) is 0 Å². The fraction of sp³-hybridized carbons (Fsp3) is 0. The van der Waals surface area contributed by atoms with E-state index in [-0.39, 0.29) is 20.4 Å². The third kappa shape index (κ3) is 7.93. The second-order valence-electron chi connectivity index (χ2n) is 8.68. The van der Waals surface area contributed by atoms with E-state index in [1.165, 1.54) is 31.8 Å². The Morgan fingerprint density at radius 2 is 0.333 bits per heavy atom. The van der Waals surface area contributed by atoms with Crippen LogP contribution in [0.3, 0.4) is 0 Å². The van der Waals surface area contributed by atoms with E-state index in [0.717, 1.165) is 0 Å². The van der Waals surface area contributed by atoms with Crippen LogP contribution in [0, 0.1) is 0 Å². The Morgan fingerprint density at radius 1 is 0.205 bits per heavy atom. The molecule has 0 aliphatic heterocycles. The summed E-state index contributed by atoms with van der Waals surface area (Å²) in [4.78, 5) is 0. The average Bonchev–Trinajstić information content (AvgIpc) is 3.01. The summed E-state index contributed by atoms with van der Waals surface area (Å²) in [7, 11) is -0.892. The summed E-state index contributed by atoms with van der Waals surface area (Å²) < 4.78 is 0. The zero-order chi connectivity index (χ0) is 25.8. The predicted molar refractivity (Wildman–Crippen MR) is 170 cm³/mol. The fourth-order valence-corrected chi connectivity index (χ4v) is 8.97. The van der Waals surface area contributed by atoms with Crippen molar-refractivity contribution in [1.29, 1.82) is 0 Å². The van der Waals surface area contributed by atoms with E-state index in [0.29, 0.717) is 0 Å². The van der Waals surface area contributed by atoms with Crippen LogP contribution in [0.5, 0.6) is 0 Å². The average molecular weight is 631 g/mol. The first-order valence-corrected chi connectivity index (χ1v) is 15.5. The molecule has 0 fully saturated rings. The maximum absolute atomic E-state index is 2.23. The van der Waals surface area contributed by atoms with Gasteiger partial charge in [0, 0.05) is 20.4 Å². The molecule has 0 aliphatic rings. The second kappa shape index (κ2) is 15.4. The molecule has 0 amide bonds. The van der Waals surface area contributed by atoms with Gasteiger partial charge >= 0.3 is 0 Å². The van der Waals surface area contributed by atoms with Gasteiger partial charge in [-0.1, -0.05) is 182 Å². The van der Waals surface area contributed by atoms with Crippen molar-refractivity contribution in [2.45, 2.75) is 0 Å². The standard InChI is InChI=1S/2C18H15P.Pd/c2*1-4-10-16(11-5-1)19(17-12-6-2-7-13-17)18-14-8-3-9-15-18;/h2*1-15H;. The summed E-state index contributed by atoms with van der Waals surface area (Å²) in [6.07, 6.45) is 0. The summed E-state index contributed by atoms with van der Waals surface area (Å²) in [6, 6.07) is 64.7. The first-order chi connectivity index (χ1) is 18.9. The molecule has 0 radical (unpaired) electrons. The van der Waals surface area contributed by atoms with Crippen molar-refractivity contribution in [2.24, 2.45) is 0 Å². The quantitative estimate of drug-likeness (QED) is 0.139. The molecule has 0 atom stereocenters. The maximum Gasteiger partial charge on any atom is 0 e. The summed E-state index contributed by atoms with van der Waals surface area (Å²) in [5.74, 6) is 0. The van der Waals surface area contributed by atoms with Crippen molar-refractivity contribution in [2.75, 3.05) is 0 Å². The molecule has 0 heterocycles. The van der Waals surface area contributed by atoms with E-state index in [4.69, 9.17) is 0 Å². The van der Waals surface area contributed by atoms with Gasteiger partial charge in [-0.05, 0) is 47.7 Å². The molecule has 3 heteroatoms. The van der Waals surface area contributed by atoms with Gasteiger partial charge in [0.25, 0.3) is 0 Å². The zero-order valence-corrected chi connectivity index (χ0v) is 24.9. The Morgan fingerprint density at radius 3 is 0.462 bits per heavy atom. The van der Waals surface area contributed by atoms with Crippen molar-refractivity contribution in [1.82, 2.24) is 0 Å². The SMILES string of the molecule is [Pd].c1ccc(P(c2ccccc2)c2ccccc2)cc1.c1ccc(P(c2ccccc2)c2ccccc2)cc1. The second-order valence-corrected chi connectivity index (χ2v) is 13.1. The van der Waals surface area contributed by atoms with Gasteiger partial charge in [-0.2, -0.15) is 0 Å². The third-order valence-corrected chi connectivity index (χ3v) is 11.0. The summed E-state index contributed by atoms with van der Waals surface area (Å²) >= 11 is 0. The first kappa shape index (κ1) is 28.8. The number of hydrogen-bond donors (Lipinski definition) is 0. The molecule has 0 N–H and O–H groups in total. The first-order valence-electron chi connectivity index (χ1n) is 12.8. The van der Waals surface area contributed by atoms with E-state index in [9.17, 15) is 0 Å². The molecule has 0 unspecified atom stereocenters. The summed E-state index contributed by atoms with van der Waals surface area (Å²) in [5.41, 5.74) is 0. The molecule has 0 nitrogen and oxygen atoms in total. The van der Waals surface area contributed by atoms with Gasteiger partial charge in [-0.15, -0.1) is 0 Å². The molecule has 0 aliphatic carbocycles. The normalized spacial score (nSPS) is 10.3. The Balaban J connectivity index is 0.000000176. The molecule has 0 saturated heterocycles. The van der Waals surface area contributed by atoms with Crippen molar-refractivity contribution in [3.8, 4) is 0 Å². The van der Waals surface area contributed by atoms with Crippen LogP contribution in [0.4, 0.5) is 0 Å². The minimum absolute atomic E-state index is 0. The molecular formula is C36H30P2Pd. The van der Waals surface area contributed by atoms with Crippen molar-refractivity contribution in [3.05, 3.63) is 182 Å². The van der Waals surface area contributed by atoms with E-state index >= 15 is 0 Å². The van der Waals surface area contributed by atoms with Crippen LogP contribution in [-0.4, -0.2) is 0 Å². The van der Waals surface area contributed by atoms with Gasteiger partial charge in [0.1, 0.15) is 0 Å².